The summed E-state index contributed by atoms with van der Waals surface area (Å²) in [5, 5.41) is 1.24. The van der Waals surface area contributed by atoms with Crippen LogP contribution >= 0.6 is 40.2 Å². The zero-order chi connectivity index (χ0) is 13.1. The average Bonchev–Trinajstić information content (AvgIpc) is 2.34. The van der Waals surface area contributed by atoms with Crippen molar-refractivity contribution in [2.24, 2.45) is 5.92 Å². The Morgan fingerprint density at radius 2 is 2.05 bits per heavy atom. The van der Waals surface area contributed by atoms with Crippen molar-refractivity contribution >= 4 is 40.2 Å². The Kier molecular flexibility index (Phi) is 7.12. The number of benzene rings is 1. The Labute approximate surface area is 135 Å². The lowest BCUT2D eigenvalue weighted by Gasteiger charge is -2.39. The smallest absolute Gasteiger partial charge is 0.0595 e. The molecule has 1 aromatic carbocycles. The minimum absolute atomic E-state index is 0. The summed E-state index contributed by atoms with van der Waals surface area (Å²) in [5.41, 5.74) is 1.23. The second-order valence-electron chi connectivity index (χ2n) is 4.96. The molecule has 0 aliphatic carbocycles. The Bertz CT molecular complexity index is 414. The van der Waals surface area contributed by atoms with Crippen LogP contribution < -0.4 is 0 Å². The summed E-state index contributed by atoms with van der Waals surface area (Å²) in [6.07, 6.45) is 2.42. The lowest BCUT2D eigenvalue weighted by Crippen LogP contribution is -2.37. The van der Waals surface area contributed by atoms with Crippen LogP contribution in [0, 0.1) is 5.92 Å². The van der Waals surface area contributed by atoms with Crippen LogP contribution in [0.5, 0.6) is 0 Å². The third kappa shape index (κ3) is 4.08. The molecule has 1 aliphatic heterocycles. The number of piperidine rings is 1. The van der Waals surface area contributed by atoms with E-state index in [9.17, 15) is 0 Å². The fourth-order valence-corrected chi connectivity index (χ4v) is 3.18. The molecule has 0 amide bonds. The van der Waals surface area contributed by atoms with Crippen molar-refractivity contribution in [1.29, 1.82) is 0 Å². The first-order valence-corrected chi connectivity index (χ1v) is 7.03. The van der Waals surface area contributed by atoms with Gasteiger partial charge in [0, 0.05) is 19.1 Å². The molecule has 0 bridgehead atoms. The normalized spacial score (nSPS) is 24.0. The lowest BCUT2D eigenvalue weighted by molar-refractivity contribution is 0.0527. The van der Waals surface area contributed by atoms with Crippen LogP contribution in [0.15, 0.2) is 18.2 Å². The molecule has 0 radical (unpaired) electrons. The maximum atomic E-state index is 6.12. The predicted molar refractivity (Wildman–Crippen MR) is 86.8 cm³/mol. The van der Waals surface area contributed by atoms with Crippen molar-refractivity contribution in [3.8, 4) is 0 Å². The summed E-state index contributed by atoms with van der Waals surface area (Å²) in [5.74, 6) is 0.519. The topological polar surface area (TPSA) is 12.5 Å². The van der Waals surface area contributed by atoms with Gasteiger partial charge >= 0.3 is 0 Å². The van der Waals surface area contributed by atoms with E-state index in [2.05, 4.69) is 18.0 Å². The monoisotopic (exact) mass is 367 g/mol. The van der Waals surface area contributed by atoms with E-state index in [4.69, 9.17) is 27.9 Å². The van der Waals surface area contributed by atoms with Crippen LogP contribution in [0.4, 0.5) is 0 Å². The number of hydrogen-bond acceptors (Lipinski definition) is 2. The molecular formula is C14H20BrCl2NO. The van der Waals surface area contributed by atoms with E-state index in [-0.39, 0.29) is 17.0 Å². The molecule has 0 spiro atoms. The van der Waals surface area contributed by atoms with Crippen LogP contribution in [0.25, 0.3) is 0 Å². The quantitative estimate of drug-likeness (QED) is 0.772. The van der Waals surface area contributed by atoms with Gasteiger partial charge in [-0.1, -0.05) is 29.3 Å². The summed E-state index contributed by atoms with van der Waals surface area (Å²) in [6, 6.07) is 6.31. The van der Waals surface area contributed by atoms with Gasteiger partial charge in [-0.05, 0) is 44.1 Å². The van der Waals surface area contributed by atoms with Crippen LogP contribution in [0.1, 0.15) is 24.4 Å². The van der Waals surface area contributed by atoms with E-state index in [1.54, 1.807) is 7.11 Å². The molecule has 1 heterocycles. The van der Waals surface area contributed by atoms with E-state index in [1.807, 2.05) is 12.1 Å². The van der Waals surface area contributed by atoms with Crippen molar-refractivity contribution < 1.29 is 4.74 Å². The van der Waals surface area contributed by atoms with Gasteiger partial charge in [-0.15, -0.1) is 17.0 Å². The predicted octanol–water partition coefficient (Wildman–Crippen LogP) is 4.60. The summed E-state index contributed by atoms with van der Waals surface area (Å²) in [6.45, 7) is 1.90. The first kappa shape index (κ1) is 17.3. The maximum Gasteiger partial charge on any atom is 0.0595 e. The van der Waals surface area contributed by atoms with Gasteiger partial charge in [0.25, 0.3) is 0 Å². The molecule has 2 nitrogen and oxygen atoms in total. The average molecular weight is 369 g/mol. The molecule has 2 atom stereocenters. The maximum absolute atomic E-state index is 6.12. The van der Waals surface area contributed by atoms with Crippen LogP contribution in [-0.2, 0) is 4.74 Å². The minimum atomic E-state index is 0. The fraction of sp³-hybridized carbons (Fsp3) is 0.571. The van der Waals surface area contributed by atoms with E-state index < -0.39 is 0 Å². The highest BCUT2D eigenvalue weighted by Crippen LogP contribution is 2.37. The van der Waals surface area contributed by atoms with Gasteiger partial charge in [-0.2, -0.15) is 0 Å². The molecule has 0 N–H and O–H groups in total. The number of halogens is 3. The molecule has 1 fully saturated rings. The fourth-order valence-electron chi connectivity index (χ4n) is 2.87. The van der Waals surface area contributed by atoms with Gasteiger partial charge in [-0.25, -0.2) is 0 Å². The molecule has 1 saturated heterocycles. The molecule has 0 saturated carbocycles. The zero-order valence-corrected chi connectivity index (χ0v) is 14.5. The summed E-state index contributed by atoms with van der Waals surface area (Å²) in [4.78, 5) is 2.38. The van der Waals surface area contributed by atoms with Gasteiger partial charge < -0.3 is 4.74 Å². The van der Waals surface area contributed by atoms with Crippen LogP contribution in [-0.4, -0.2) is 32.2 Å². The van der Waals surface area contributed by atoms with Gasteiger partial charge in [0.1, 0.15) is 0 Å². The Morgan fingerprint density at radius 1 is 1.32 bits per heavy atom. The zero-order valence-electron chi connectivity index (χ0n) is 11.2. The van der Waals surface area contributed by atoms with E-state index >= 15 is 0 Å². The minimum Gasteiger partial charge on any atom is -0.384 e. The molecule has 1 aromatic rings. The molecule has 19 heavy (non-hydrogen) atoms. The number of nitrogens with zero attached hydrogens (tertiary/aromatic N) is 1. The van der Waals surface area contributed by atoms with Crippen molar-refractivity contribution in [3.63, 3.8) is 0 Å². The summed E-state index contributed by atoms with van der Waals surface area (Å²) in [7, 11) is 3.93. The van der Waals surface area contributed by atoms with E-state index in [1.165, 1.54) is 18.4 Å². The molecule has 5 heteroatoms. The summed E-state index contributed by atoms with van der Waals surface area (Å²) < 4.78 is 5.35. The molecular weight excluding hydrogens is 349 g/mol. The number of ether oxygens (including phenoxy) is 1. The molecule has 0 aromatic heterocycles. The lowest BCUT2D eigenvalue weighted by atomic mass is 9.85. The third-order valence-corrected chi connectivity index (χ3v) is 4.41. The number of likely N-dealkylation sites (tertiary alicyclic amines) is 1. The van der Waals surface area contributed by atoms with Crippen LogP contribution in [0.3, 0.4) is 0 Å². The first-order chi connectivity index (χ1) is 8.63. The highest BCUT2D eigenvalue weighted by Gasteiger charge is 2.30. The number of methoxy groups -OCH3 is 1. The highest BCUT2D eigenvalue weighted by atomic mass is 79.9. The van der Waals surface area contributed by atoms with Crippen molar-refractivity contribution in [3.05, 3.63) is 33.8 Å². The Hall–Kier alpha value is 0.200. The van der Waals surface area contributed by atoms with E-state index in [0.29, 0.717) is 22.0 Å². The van der Waals surface area contributed by atoms with Gasteiger partial charge in [-0.3, -0.25) is 4.90 Å². The SMILES string of the molecule is Br.COC[C@@H]1CCCN(C)[C@@H]1c1ccc(Cl)c(Cl)c1. The van der Waals surface area contributed by atoms with E-state index in [0.717, 1.165) is 13.2 Å². The van der Waals surface area contributed by atoms with Gasteiger partial charge in [0.05, 0.1) is 16.7 Å². The van der Waals surface area contributed by atoms with Crippen molar-refractivity contribution in [2.45, 2.75) is 18.9 Å². The Morgan fingerprint density at radius 3 is 2.68 bits per heavy atom. The summed E-state index contributed by atoms with van der Waals surface area (Å²) >= 11 is 12.1. The van der Waals surface area contributed by atoms with Gasteiger partial charge in [0.15, 0.2) is 0 Å². The number of hydrogen-bond donors (Lipinski definition) is 0. The highest BCUT2D eigenvalue weighted by molar-refractivity contribution is 8.93. The van der Waals surface area contributed by atoms with Gasteiger partial charge in [0.2, 0.25) is 0 Å². The Balaban J connectivity index is 0.00000180. The third-order valence-electron chi connectivity index (χ3n) is 3.67. The van der Waals surface area contributed by atoms with Crippen molar-refractivity contribution in [2.75, 3.05) is 27.3 Å². The number of rotatable bonds is 3. The molecule has 108 valence electrons. The molecule has 0 unspecified atom stereocenters. The first-order valence-electron chi connectivity index (χ1n) is 6.27. The largest absolute Gasteiger partial charge is 0.384 e. The second kappa shape index (κ2) is 7.84. The van der Waals surface area contributed by atoms with Crippen LogP contribution in [0.2, 0.25) is 10.0 Å². The standard InChI is InChI=1S/C14H19Cl2NO.BrH/c1-17-7-3-4-11(9-18-2)14(17)10-5-6-12(15)13(16)8-10;/h5-6,8,11,14H,3-4,7,9H2,1-2H3;1H/t11-,14+;/m0./s1. The van der Waals surface area contributed by atoms with Crippen molar-refractivity contribution in [1.82, 2.24) is 4.90 Å². The second-order valence-corrected chi connectivity index (χ2v) is 5.77. The molecule has 2 rings (SSSR count). The molecule has 1 aliphatic rings.